The Morgan fingerprint density at radius 2 is 1.67 bits per heavy atom. The number of nitriles is 2. The molecule has 5 N–H and O–H groups in total. The molecule has 2 atom stereocenters. The number of fused-ring (bicyclic) bond motifs is 1. The molecule has 1 aromatic heterocycles. The van der Waals surface area contributed by atoms with Crippen LogP contribution in [0.3, 0.4) is 0 Å². The molecule has 6 amide bonds. The molecule has 3 aliphatic heterocycles. The van der Waals surface area contributed by atoms with Crippen LogP contribution in [0.15, 0.2) is 65.9 Å². The van der Waals surface area contributed by atoms with Gasteiger partial charge in [0.2, 0.25) is 23.6 Å². The highest BCUT2D eigenvalue weighted by atomic mass is 32.2. The molecule has 2 aromatic carbocycles. The molecule has 2 unspecified atom stereocenters. The first-order valence-electron chi connectivity index (χ1n) is 20.5. The van der Waals surface area contributed by atoms with Crippen molar-refractivity contribution in [2.24, 2.45) is 5.73 Å². The molecule has 0 saturated carbocycles. The third-order valence-corrected chi connectivity index (χ3v) is 11.9. The normalized spacial score (nSPS) is 16.9. The second-order valence-corrected chi connectivity index (χ2v) is 15.7. The van der Waals surface area contributed by atoms with Gasteiger partial charge in [-0.15, -0.1) is 0 Å². The lowest BCUT2D eigenvalue weighted by atomic mass is 10.00. The van der Waals surface area contributed by atoms with E-state index in [-0.39, 0.29) is 74.5 Å². The topological polar surface area (TPSA) is 259 Å². The molecule has 0 aliphatic carbocycles. The number of hydrogen-bond donors (Lipinski definition) is 4. The second kappa shape index (κ2) is 21.8. The Morgan fingerprint density at radius 3 is 2.35 bits per heavy atom. The van der Waals surface area contributed by atoms with Gasteiger partial charge in [-0.3, -0.25) is 39.0 Å². The predicted octanol–water partition coefficient (Wildman–Crippen LogP) is 2.87. The molecule has 0 radical (unpaired) electrons. The summed E-state index contributed by atoms with van der Waals surface area (Å²) in [6.07, 6.45) is 4.30. The number of ether oxygens (including phenoxy) is 3. The van der Waals surface area contributed by atoms with Crippen molar-refractivity contribution in [1.29, 1.82) is 10.5 Å². The quantitative estimate of drug-likeness (QED) is 0.0418. The van der Waals surface area contributed by atoms with Gasteiger partial charge < -0.3 is 35.5 Å². The van der Waals surface area contributed by atoms with Crippen molar-refractivity contribution in [3.63, 3.8) is 0 Å². The van der Waals surface area contributed by atoms with E-state index in [1.807, 2.05) is 17.9 Å². The first-order valence-corrected chi connectivity index (χ1v) is 21.4. The van der Waals surface area contributed by atoms with Crippen molar-refractivity contribution in [2.45, 2.75) is 61.4 Å². The molecule has 3 aromatic rings. The first-order chi connectivity index (χ1) is 30.6. The SMILES string of the molecule is CCc1c(C#N)c(SC(C(N)=O)c2ccccc2)nc(N2CCC(NC(=O)C=COCCOCCOCCNc3cccc4c3C(=O)N(C3CCC(=O)NC3=O)C4=O)CC2)c1C#N. The summed E-state index contributed by atoms with van der Waals surface area (Å²) in [4.78, 5) is 83.0. The minimum absolute atomic E-state index is 0.0409. The number of thioether (sulfide) groups is 1. The zero-order chi connectivity index (χ0) is 44.9. The van der Waals surface area contributed by atoms with E-state index < -0.39 is 40.8 Å². The highest BCUT2D eigenvalue weighted by Gasteiger charge is 2.45. The van der Waals surface area contributed by atoms with Crippen LogP contribution in [0.1, 0.15) is 80.8 Å². The van der Waals surface area contributed by atoms with Gasteiger partial charge in [0.25, 0.3) is 11.8 Å². The molecule has 328 valence electrons. The number of hydrogen-bond acceptors (Lipinski definition) is 15. The average Bonchev–Trinajstić information content (AvgIpc) is 3.54. The molecular formula is C44H47N9O9S. The molecule has 3 aliphatic rings. The molecule has 2 saturated heterocycles. The fraction of sp³-hybridized carbons (Fsp3) is 0.386. The third-order valence-electron chi connectivity index (χ3n) is 10.6. The maximum Gasteiger partial charge on any atom is 0.264 e. The summed E-state index contributed by atoms with van der Waals surface area (Å²) in [7, 11) is 0. The van der Waals surface area contributed by atoms with E-state index in [1.165, 1.54) is 18.4 Å². The fourth-order valence-electron chi connectivity index (χ4n) is 7.54. The number of piperidine rings is 2. The van der Waals surface area contributed by atoms with E-state index in [0.29, 0.717) is 72.1 Å². The van der Waals surface area contributed by atoms with Crippen LogP contribution in [0, 0.1) is 22.7 Å². The number of primary amides is 1. The summed E-state index contributed by atoms with van der Waals surface area (Å²) < 4.78 is 16.5. The number of carbonyl (C=O) groups is 6. The molecule has 0 bridgehead atoms. The Labute approximate surface area is 368 Å². The van der Waals surface area contributed by atoms with Gasteiger partial charge in [0.05, 0.1) is 54.9 Å². The number of rotatable bonds is 20. The van der Waals surface area contributed by atoms with Crippen LogP contribution < -0.4 is 26.6 Å². The number of aromatic nitrogens is 1. The zero-order valence-electron chi connectivity index (χ0n) is 34.6. The minimum atomic E-state index is -1.04. The summed E-state index contributed by atoms with van der Waals surface area (Å²) in [5.41, 5.74) is 8.39. The summed E-state index contributed by atoms with van der Waals surface area (Å²) in [6, 6.07) is 17.1. The van der Waals surface area contributed by atoms with E-state index >= 15 is 0 Å². The predicted molar refractivity (Wildman–Crippen MR) is 229 cm³/mol. The lowest BCUT2D eigenvalue weighted by molar-refractivity contribution is -0.136. The third kappa shape index (κ3) is 11.0. The smallest absolute Gasteiger partial charge is 0.264 e. The van der Waals surface area contributed by atoms with Gasteiger partial charge in [-0.05, 0) is 48.9 Å². The minimum Gasteiger partial charge on any atom is -0.499 e. The van der Waals surface area contributed by atoms with Crippen LogP contribution in [-0.2, 0) is 39.8 Å². The van der Waals surface area contributed by atoms with Crippen LogP contribution in [0.25, 0.3) is 0 Å². The van der Waals surface area contributed by atoms with Gasteiger partial charge >= 0.3 is 0 Å². The lowest BCUT2D eigenvalue weighted by Gasteiger charge is -2.34. The van der Waals surface area contributed by atoms with Crippen molar-refractivity contribution >= 4 is 58.7 Å². The fourth-order valence-corrected chi connectivity index (χ4v) is 8.60. The van der Waals surface area contributed by atoms with E-state index in [0.717, 1.165) is 16.7 Å². The van der Waals surface area contributed by atoms with Crippen molar-refractivity contribution < 1.29 is 43.0 Å². The summed E-state index contributed by atoms with van der Waals surface area (Å²) >= 11 is 1.09. The van der Waals surface area contributed by atoms with Gasteiger partial charge in [-0.2, -0.15) is 10.5 Å². The van der Waals surface area contributed by atoms with Crippen LogP contribution in [0.5, 0.6) is 0 Å². The number of nitrogens with one attached hydrogen (secondary N) is 3. The monoisotopic (exact) mass is 877 g/mol. The molecule has 63 heavy (non-hydrogen) atoms. The number of amides is 6. The van der Waals surface area contributed by atoms with Gasteiger partial charge in [0.1, 0.15) is 40.9 Å². The first kappa shape index (κ1) is 45.7. The van der Waals surface area contributed by atoms with E-state index in [1.54, 1.807) is 36.4 Å². The largest absolute Gasteiger partial charge is 0.499 e. The lowest BCUT2D eigenvalue weighted by Crippen LogP contribution is -2.54. The molecule has 2 fully saturated rings. The standard InChI is InChI=1S/C44H47N9O9S/c1-2-29-31(25-45)40(51-42(32(29)26-46)63-38(39(47)56)27-7-4-3-5-8-27)52-17-13-28(14-18-52)49-36(55)15-19-60-21-23-62-24-22-61-20-16-48-33-10-6-9-30-37(33)44(59)53(43(30)58)34-11-12-35(54)50-41(34)57/h3-10,15,19,28,34,38,48H,2,11-14,16-18,20-24H2,1H3,(H2,47,56)(H,49,55)(H,50,54,57). The van der Waals surface area contributed by atoms with Gasteiger partial charge in [0.15, 0.2) is 0 Å². The Balaban J connectivity index is 0.873. The van der Waals surface area contributed by atoms with E-state index in [9.17, 15) is 39.3 Å². The molecule has 6 rings (SSSR count). The van der Waals surface area contributed by atoms with Crippen molar-refractivity contribution in [3.05, 3.63) is 94.2 Å². The Bertz CT molecular complexity index is 2340. The molecular weight excluding hydrogens is 831 g/mol. The summed E-state index contributed by atoms with van der Waals surface area (Å²) in [5, 5.41) is 28.1. The maximum atomic E-state index is 13.2. The van der Waals surface area contributed by atoms with Crippen LogP contribution >= 0.6 is 11.8 Å². The van der Waals surface area contributed by atoms with Gasteiger partial charge in [0, 0.05) is 43.9 Å². The Kier molecular flexibility index (Phi) is 15.8. The van der Waals surface area contributed by atoms with Gasteiger partial charge in [-0.25, -0.2) is 4.98 Å². The van der Waals surface area contributed by atoms with Crippen molar-refractivity contribution in [3.8, 4) is 12.1 Å². The van der Waals surface area contributed by atoms with E-state index in [4.69, 9.17) is 24.9 Å². The molecule has 4 heterocycles. The number of nitrogens with zero attached hydrogens (tertiary/aromatic N) is 5. The van der Waals surface area contributed by atoms with Crippen molar-refractivity contribution in [2.75, 3.05) is 62.9 Å². The van der Waals surface area contributed by atoms with Crippen LogP contribution in [0.2, 0.25) is 0 Å². The number of anilines is 2. The average molecular weight is 878 g/mol. The molecule has 18 nitrogen and oxygen atoms in total. The number of benzene rings is 2. The maximum absolute atomic E-state index is 13.2. The number of imide groups is 2. The molecule has 19 heteroatoms. The summed E-state index contributed by atoms with van der Waals surface area (Å²) in [6.45, 7) is 4.49. The van der Waals surface area contributed by atoms with E-state index in [2.05, 4.69) is 28.1 Å². The van der Waals surface area contributed by atoms with Crippen LogP contribution in [0.4, 0.5) is 11.5 Å². The number of nitrogens with two attached hydrogens (primary N) is 1. The Hall–Kier alpha value is -6.80. The summed E-state index contributed by atoms with van der Waals surface area (Å²) in [5.74, 6) is -2.73. The number of carbonyl (C=O) groups excluding carboxylic acids is 6. The van der Waals surface area contributed by atoms with Crippen LogP contribution in [-0.4, -0.2) is 110 Å². The highest BCUT2D eigenvalue weighted by Crippen LogP contribution is 2.40. The van der Waals surface area contributed by atoms with Crippen molar-refractivity contribution in [1.82, 2.24) is 20.5 Å². The second-order valence-electron chi connectivity index (χ2n) is 14.6. The zero-order valence-corrected chi connectivity index (χ0v) is 35.4. The molecule has 0 spiro atoms. The number of pyridine rings is 1. The van der Waals surface area contributed by atoms with Gasteiger partial charge in [-0.1, -0.05) is 55.1 Å². The Morgan fingerprint density at radius 1 is 0.952 bits per heavy atom. The highest BCUT2D eigenvalue weighted by molar-refractivity contribution is 8.00.